The van der Waals surface area contributed by atoms with Crippen LogP contribution in [-0.2, 0) is 11.3 Å². The van der Waals surface area contributed by atoms with Gasteiger partial charge in [0.05, 0.1) is 0 Å². The van der Waals surface area contributed by atoms with E-state index in [1.165, 1.54) is 0 Å². The van der Waals surface area contributed by atoms with Gasteiger partial charge in [-0.2, -0.15) is 0 Å². The van der Waals surface area contributed by atoms with Crippen LogP contribution in [0.3, 0.4) is 0 Å². The molecule has 1 heterocycles. The van der Waals surface area contributed by atoms with E-state index < -0.39 is 5.97 Å². The molecule has 0 unspecified atom stereocenters. The fourth-order valence-corrected chi connectivity index (χ4v) is 0.864. The molecule has 0 spiro atoms. The minimum absolute atomic E-state index is 0.554. The highest BCUT2D eigenvalue weighted by atomic mass is 16.4. The van der Waals surface area contributed by atoms with Gasteiger partial charge in [-0.25, -0.2) is 9.78 Å². The highest BCUT2D eigenvalue weighted by molar-refractivity contribution is 5.79. The fourth-order valence-electron chi connectivity index (χ4n) is 0.864. The summed E-state index contributed by atoms with van der Waals surface area (Å²) >= 11 is 0. The second-order valence-corrected chi connectivity index (χ2v) is 2.37. The Hall–Kier alpha value is -1.58. The number of hydrogen-bond acceptors (Lipinski definition) is 2. The van der Waals surface area contributed by atoms with Gasteiger partial charge in [0.1, 0.15) is 5.82 Å². The zero-order valence-corrected chi connectivity index (χ0v) is 6.77. The average Bonchev–Trinajstić information content (AvgIpc) is 2.36. The molecule has 0 radical (unpaired) electrons. The molecule has 12 heavy (non-hydrogen) atoms. The summed E-state index contributed by atoms with van der Waals surface area (Å²) in [5, 5.41) is 8.30. The number of hydrogen-bond donors (Lipinski definition) is 1. The Kier molecular flexibility index (Phi) is 2.63. The average molecular weight is 166 g/mol. The van der Waals surface area contributed by atoms with Crippen molar-refractivity contribution >= 4 is 5.97 Å². The number of aryl methyl sites for hydroxylation is 1. The highest BCUT2D eigenvalue weighted by Crippen LogP contribution is 1.94. The Morgan fingerprint density at radius 1 is 1.83 bits per heavy atom. The lowest BCUT2D eigenvalue weighted by Gasteiger charge is -1.97. The Balaban J connectivity index is 2.54. The van der Waals surface area contributed by atoms with Crippen LogP contribution in [0.15, 0.2) is 24.5 Å². The van der Waals surface area contributed by atoms with Crippen molar-refractivity contribution in [2.45, 2.75) is 13.5 Å². The summed E-state index contributed by atoms with van der Waals surface area (Å²) in [5.74, 6) is -0.0437. The van der Waals surface area contributed by atoms with Crippen LogP contribution in [-0.4, -0.2) is 20.6 Å². The maximum absolute atomic E-state index is 10.1. The molecule has 4 nitrogen and oxygen atoms in total. The third kappa shape index (κ3) is 2.23. The number of rotatable bonds is 3. The highest BCUT2D eigenvalue weighted by Gasteiger charge is 1.92. The largest absolute Gasteiger partial charge is 0.478 e. The first-order chi connectivity index (χ1) is 5.70. The summed E-state index contributed by atoms with van der Waals surface area (Å²) in [6.45, 7) is 2.42. The van der Waals surface area contributed by atoms with Crippen LogP contribution < -0.4 is 0 Å². The van der Waals surface area contributed by atoms with Crippen LogP contribution in [0.1, 0.15) is 5.82 Å². The van der Waals surface area contributed by atoms with Crippen LogP contribution in [0.25, 0.3) is 0 Å². The maximum Gasteiger partial charge on any atom is 0.328 e. The molecule has 1 aromatic rings. The summed E-state index contributed by atoms with van der Waals surface area (Å²) in [7, 11) is 0. The van der Waals surface area contributed by atoms with Crippen molar-refractivity contribution in [2.24, 2.45) is 0 Å². The lowest BCUT2D eigenvalue weighted by atomic mass is 10.5. The monoisotopic (exact) mass is 166 g/mol. The number of aromatic nitrogens is 2. The summed E-state index contributed by atoms with van der Waals surface area (Å²) in [5.41, 5.74) is 0. The van der Waals surface area contributed by atoms with Crippen molar-refractivity contribution < 1.29 is 9.90 Å². The van der Waals surface area contributed by atoms with Crippen molar-refractivity contribution in [3.8, 4) is 0 Å². The Bertz CT molecular complexity index is 302. The molecule has 0 atom stereocenters. The second kappa shape index (κ2) is 3.71. The molecule has 64 valence electrons. The predicted molar refractivity (Wildman–Crippen MR) is 43.7 cm³/mol. The quantitative estimate of drug-likeness (QED) is 0.677. The van der Waals surface area contributed by atoms with E-state index in [2.05, 4.69) is 4.98 Å². The first-order valence-electron chi connectivity index (χ1n) is 3.57. The van der Waals surface area contributed by atoms with Gasteiger partial charge in [0.2, 0.25) is 0 Å². The SMILES string of the molecule is Cc1nccn1CC=CC(=O)O. The Morgan fingerprint density at radius 2 is 2.58 bits per heavy atom. The summed E-state index contributed by atoms with van der Waals surface area (Å²) in [6.07, 6.45) is 6.20. The van der Waals surface area contributed by atoms with Gasteiger partial charge in [-0.3, -0.25) is 0 Å². The third-order valence-corrected chi connectivity index (χ3v) is 1.49. The number of nitrogens with zero attached hydrogens (tertiary/aromatic N) is 2. The Labute approximate surface area is 70.2 Å². The van der Waals surface area contributed by atoms with Gasteiger partial charge >= 0.3 is 5.97 Å². The van der Waals surface area contributed by atoms with Crippen molar-refractivity contribution in [1.82, 2.24) is 9.55 Å². The van der Waals surface area contributed by atoms with Crippen LogP contribution in [0.4, 0.5) is 0 Å². The van der Waals surface area contributed by atoms with Crippen LogP contribution in [0.2, 0.25) is 0 Å². The molecule has 1 N–H and O–H groups in total. The lowest BCUT2D eigenvalue weighted by molar-refractivity contribution is -0.131. The first-order valence-corrected chi connectivity index (χ1v) is 3.57. The van der Waals surface area contributed by atoms with Crippen LogP contribution in [0, 0.1) is 6.92 Å². The van der Waals surface area contributed by atoms with Crippen molar-refractivity contribution in [3.63, 3.8) is 0 Å². The molecule has 0 aliphatic carbocycles. The smallest absolute Gasteiger partial charge is 0.328 e. The van der Waals surface area contributed by atoms with Gasteiger partial charge in [0.15, 0.2) is 0 Å². The normalized spacial score (nSPS) is 10.8. The molecule has 0 aliphatic rings. The number of imidazole rings is 1. The molecule has 1 aromatic heterocycles. The first kappa shape index (κ1) is 8.52. The van der Waals surface area contributed by atoms with Gasteiger partial charge in [-0.15, -0.1) is 0 Å². The fraction of sp³-hybridized carbons (Fsp3) is 0.250. The zero-order chi connectivity index (χ0) is 8.97. The topological polar surface area (TPSA) is 55.1 Å². The zero-order valence-electron chi connectivity index (χ0n) is 6.77. The van der Waals surface area contributed by atoms with E-state index in [1.54, 1.807) is 12.3 Å². The predicted octanol–water partition coefficient (Wildman–Crippen LogP) is 0.832. The molecule has 0 aromatic carbocycles. The van der Waals surface area contributed by atoms with E-state index >= 15 is 0 Å². The molecular formula is C8H10N2O2. The molecule has 0 bridgehead atoms. The number of carboxylic acids is 1. The summed E-state index contributed by atoms with van der Waals surface area (Å²) < 4.78 is 1.86. The number of carboxylic acid groups (broad SMARTS) is 1. The number of carbonyl (C=O) groups is 1. The van der Waals surface area contributed by atoms with E-state index in [1.807, 2.05) is 17.7 Å². The standard InChI is InChI=1S/C8H10N2O2/c1-7-9-4-6-10(7)5-2-3-8(11)12/h2-4,6H,5H2,1H3,(H,11,12). The second-order valence-electron chi connectivity index (χ2n) is 2.37. The molecular weight excluding hydrogens is 156 g/mol. The summed E-state index contributed by atoms with van der Waals surface area (Å²) in [4.78, 5) is 14.1. The van der Waals surface area contributed by atoms with Gasteiger partial charge < -0.3 is 9.67 Å². The summed E-state index contributed by atoms with van der Waals surface area (Å²) in [6, 6.07) is 0. The van der Waals surface area contributed by atoms with E-state index in [0.29, 0.717) is 6.54 Å². The van der Waals surface area contributed by atoms with E-state index in [4.69, 9.17) is 5.11 Å². The third-order valence-electron chi connectivity index (χ3n) is 1.49. The minimum atomic E-state index is -0.923. The molecule has 4 heteroatoms. The number of allylic oxidation sites excluding steroid dienone is 1. The molecule has 1 rings (SSSR count). The molecule has 0 aliphatic heterocycles. The van der Waals surface area contributed by atoms with Gasteiger partial charge in [0, 0.05) is 25.0 Å². The molecule has 0 saturated heterocycles. The molecule has 0 fully saturated rings. The van der Waals surface area contributed by atoms with Gasteiger partial charge in [-0.1, -0.05) is 6.08 Å². The van der Waals surface area contributed by atoms with E-state index in [0.717, 1.165) is 11.9 Å². The maximum atomic E-state index is 10.1. The molecule has 0 amide bonds. The van der Waals surface area contributed by atoms with Crippen molar-refractivity contribution in [3.05, 3.63) is 30.4 Å². The van der Waals surface area contributed by atoms with Crippen LogP contribution in [0.5, 0.6) is 0 Å². The minimum Gasteiger partial charge on any atom is -0.478 e. The van der Waals surface area contributed by atoms with Crippen LogP contribution >= 0.6 is 0 Å². The van der Waals surface area contributed by atoms with E-state index in [9.17, 15) is 4.79 Å². The van der Waals surface area contributed by atoms with Crippen molar-refractivity contribution in [1.29, 1.82) is 0 Å². The number of aliphatic carboxylic acids is 1. The lowest BCUT2D eigenvalue weighted by Crippen LogP contribution is -1.97. The molecule has 0 saturated carbocycles. The van der Waals surface area contributed by atoms with E-state index in [-0.39, 0.29) is 0 Å². The van der Waals surface area contributed by atoms with Crippen molar-refractivity contribution in [2.75, 3.05) is 0 Å². The van der Waals surface area contributed by atoms with Gasteiger partial charge in [0.25, 0.3) is 0 Å². The van der Waals surface area contributed by atoms with Gasteiger partial charge in [-0.05, 0) is 6.92 Å². The Morgan fingerprint density at radius 3 is 3.08 bits per heavy atom.